The SMILES string of the molecule is CCNCC.CCOC(C)=O.ClCCl. The third-order valence-corrected chi connectivity index (χ3v) is 0.848. The van der Waals surface area contributed by atoms with Gasteiger partial charge in [-0.3, -0.25) is 4.79 Å². The van der Waals surface area contributed by atoms with Crippen molar-refractivity contribution < 1.29 is 9.53 Å². The first-order valence-electron chi connectivity index (χ1n) is 4.56. The predicted molar refractivity (Wildman–Crippen MR) is 63.1 cm³/mol. The Balaban J connectivity index is -0.000000138. The number of esters is 1. The van der Waals surface area contributed by atoms with Crippen molar-refractivity contribution in [1.82, 2.24) is 5.32 Å². The third kappa shape index (κ3) is 58.0. The first-order valence-corrected chi connectivity index (χ1v) is 5.63. The van der Waals surface area contributed by atoms with Crippen LogP contribution >= 0.6 is 23.2 Å². The summed E-state index contributed by atoms with van der Waals surface area (Å²) in [6, 6.07) is 0. The molecule has 0 saturated carbocycles. The number of rotatable bonds is 3. The van der Waals surface area contributed by atoms with Crippen LogP contribution in [0.25, 0.3) is 0 Å². The molecule has 0 rings (SSSR count). The fourth-order valence-corrected chi connectivity index (χ4v) is 0.453. The molecule has 1 N–H and O–H groups in total. The van der Waals surface area contributed by atoms with E-state index in [1.807, 2.05) is 0 Å². The van der Waals surface area contributed by atoms with E-state index in [0.717, 1.165) is 13.1 Å². The molecule has 0 aromatic heterocycles. The topological polar surface area (TPSA) is 38.3 Å². The van der Waals surface area contributed by atoms with Gasteiger partial charge in [-0.25, -0.2) is 0 Å². The van der Waals surface area contributed by atoms with E-state index in [9.17, 15) is 4.79 Å². The maximum absolute atomic E-state index is 9.82. The molecule has 0 aliphatic heterocycles. The zero-order chi connectivity index (χ0) is 11.8. The van der Waals surface area contributed by atoms with Crippen molar-refractivity contribution in [2.24, 2.45) is 0 Å². The third-order valence-electron chi connectivity index (χ3n) is 0.848. The summed E-state index contributed by atoms with van der Waals surface area (Å²) in [4.78, 5) is 9.82. The van der Waals surface area contributed by atoms with E-state index < -0.39 is 0 Å². The molecule has 0 bridgehead atoms. The lowest BCUT2D eigenvalue weighted by Crippen LogP contribution is -2.09. The largest absolute Gasteiger partial charge is 0.466 e. The van der Waals surface area contributed by atoms with E-state index in [1.165, 1.54) is 6.92 Å². The second-order valence-corrected chi connectivity index (χ2v) is 2.79. The molecule has 0 heterocycles. The molecule has 0 radical (unpaired) electrons. The standard InChI is InChI=1S/C4H11N.C4H8O2.CH2Cl2/c1-3-5-4-2;1-3-6-4(2)5;2-1-3/h5H,3-4H2,1-2H3;3H2,1-2H3;1H2. The summed E-state index contributed by atoms with van der Waals surface area (Å²) in [5.41, 5.74) is 0. The Kier molecular flexibility index (Phi) is 32.3. The number of alkyl halides is 2. The fraction of sp³-hybridized carbons (Fsp3) is 0.889. The highest BCUT2D eigenvalue weighted by molar-refractivity contribution is 6.40. The van der Waals surface area contributed by atoms with E-state index in [-0.39, 0.29) is 11.3 Å². The summed E-state index contributed by atoms with van der Waals surface area (Å²) in [5.74, 6) is -0.211. The van der Waals surface area contributed by atoms with Crippen molar-refractivity contribution >= 4 is 29.2 Å². The van der Waals surface area contributed by atoms with Gasteiger partial charge in [0.15, 0.2) is 0 Å². The predicted octanol–water partition coefficient (Wildman–Crippen LogP) is 2.61. The molecule has 0 atom stereocenters. The van der Waals surface area contributed by atoms with Crippen molar-refractivity contribution in [3.8, 4) is 0 Å². The number of hydrogen-bond donors (Lipinski definition) is 1. The van der Waals surface area contributed by atoms with Crippen LogP contribution in [0.4, 0.5) is 0 Å². The van der Waals surface area contributed by atoms with Gasteiger partial charge in [-0.05, 0) is 20.0 Å². The average Bonchev–Trinajstić information content (AvgIpc) is 2.07. The van der Waals surface area contributed by atoms with Crippen LogP contribution in [0.3, 0.4) is 0 Å². The number of halogens is 2. The van der Waals surface area contributed by atoms with E-state index in [1.54, 1.807) is 6.92 Å². The average molecular weight is 246 g/mol. The molecule has 0 aliphatic carbocycles. The van der Waals surface area contributed by atoms with Gasteiger partial charge in [0.1, 0.15) is 0 Å². The molecule has 88 valence electrons. The van der Waals surface area contributed by atoms with Crippen LogP contribution in [-0.2, 0) is 9.53 Å². The summed E-state index contributed by atoms with van der Waals surface area (Å²) in [7, 11) is 0. The van der Waals surface area contributed by atoms with Gasteiger partial charge in [0.25, 0.3) is 0 Å². The lowest BCUT2D eigenvalue weighted by molar-refractivity contribution is -0.140. The lowest BCUT2D eigenvalue weighted by atomic mass is 10.7. The summed E-state index contributed by atoms with van der Waals surface area (Å²) in [6.07, 6.45) is 0. The van der Waals surface area contributed by atoms with Gasteiger partial charge in [-0.2, -0.15) is 0 Å². The van der Waals surface area contributed by atoms with Crippen LogP contribution in [-0.4, -0.2) is 31.0 Å². The smallest absolute Gasteiger partial charge is 0.302 e. The molecule has 0 aliphatic rings. The minimum atomic E-state index is -0.211. The fourth-order valence-electron chi connectivity index (χ4n) is 0.453. The van der Waals surface area contributed by atoms with E-state index >= 15 is 0 Å². The Bertz CT molecular complexity index is 101. The monoisotopic (exact) mass is 245 g/mol. The first kappa shape index (κ1) is 19.6. The van der Waals surface area contributed by atoms with Gasteiger partial charge in [0.05, 0.1) is 11.9 Å². The quantitative estimate of drug-likeness (QED) is 0.614. The van der Waals surface area contributed by atoms with Gasteiger partial charge >= 0.3 is 5.97 Å². The summed E-state index contributed by atoms with van der Waals surface area (Å²) < 4.78 is 4.40. The van der Waals surface area contributed by atoms with Crippen molar-refractivity contribution in [2.75, 3.05) is 25.0 Å². The Morgan fingerprint density at radius 2 is 1.57 bits per heavy atom. The molecule has 14 heavy (non-hydrogen) atoms. The van der Waals surface area contributed by atoms with Gasteiger partial charge in [-0.1, -0.05) is 13.8 Å². The molecule has 0 amide bonds. The molecular weight excluding hydrogens is 225 g/mol. The first-order chi connectivity index (χ1) is 6.60. The van der Waals surface area contributed by atoms with E-state index in [2.05, 4.69) is 23.9 Å². The second kappa shape index (κ2) is 23.1. The van der Waals surface area contributed by atoms with Gasteiger partial charge < -0.3 is 10.1 Å². The summed E-state index contributed by atoms with van der Waals surface area (Å²) in [5, 5.41) is 3.31. The highest BCUT2D eigenvalue weighted by Crippen LogP contribution is 1.73. The molecule has 5 heteroatoms. The number of ether oxygens (including phenoxy) is 1. The summed E-state index contributed by atoms with van der Waals surface area (Å²) in [6.45, 7) is 10.0. The van der Waals surface area contributed by atoms with Gasteiger partial charge in [-0.15, -0.1) is 23.2 Å². The zero-order valence-electron chi connectivity index (χ0n) is 9.40. The van der Waals surface area contributed by atoms with Gasteiger partial charge in [0.2, 0.25) is 0 Å². The van der Waals surface area contributed by atoms with E-state index in [0.29, 0.717) is 6.61 Å². The lowest BCUT2D eigenvalue weighted by Gasteiger charge is -1.89. The maximum Gasteiger partial charge on any atom is 0.302 e. The van der Waals surface area contributed by atoms with Crippen molar-refractivity contribution in [2.45, 2.75) is 27.7 Å². The molecule has 0 unspecified atom stereocenters. The Labute approximate surface area is 97.1 Å². The normalized spacial score (nSPS) is 7.57. The minimum Gasteiger partial charge on any atom is -0.466 e. The molecule has 0 aromatic carbocycles. The van der Waals surface area contributed by atoms with Crippen molar-refractivity contribution in [3.05, 3.63) is 0 Å². The van der Waals surface area contributed by atoms with E-state index in [4.69, 9.17) is 23.2 Å². The maximum atomic E-state index is 9.82. The molecule has 0 aromatic rings. The Morgan fingerprint density at radius 3 is 1.57 bits per heavy atom. The summed E-state index contributed by atoms with van der Waals surface area (Å²) >= 11 is 9.53. The molecule has 3 nitrogen and oxygen atoms in total. The second-order valence-electron chi connectivity index (χ2n) is 1.98. The van der Waals surface area contributed by atoms with Crippen LogP contribution in [0, 0.1) is 0 Å². The van der Waals surface area contributed by atoms with Crippen LogP contribution in [0.1, 0.15) is 27.7 Å². The number of carbonyl (C=O) groups excluding carboxylic acids is 1. The van der Waals surface area contributed by atoms with Crippen LogP contribution in [0.2, 0.25) is 0 Å². The van der Waals surface area contributed by atoms with Crippen molar-refractivity contribution in [3.63, 3.8) is 0 Å². The number of hydrogen-bond acceptors (Lipinski definition) is 3. The zero-order valence-corrected chi connectivity index (χ0v) is 10.9. The van der Waals surface area contributed by atoms with Crippen LogP contribution in [0.5, 0.6) is 0 Å². The minimum absolute atomic E-state index is 0.194. The molecule has 0 spiro atoms. The van der Waals surface area contributed by atoms with Crippen LogP contribution in [0.15, 0.2) is 0 Å². The van der Waals surface area contributed by atoms with Gasteiger partial charge in [0, 0.05) is 6.92 Å². The number of nitrogens with one attached hydrogen (secondary N) is 1. The highest BCUT2D eigenvalue weighted by atomic mass is 35.5. The number of carbonyl (C=O) groups is 1. The molecule has 0 fully saturated rings. The Morgan fingerprint density at radius 1 is 1.21 bits per heavy atom. The highest BCUT2D eigenvalue weighted by Gasteiger charge is 1.81. The molecule has 0 saturated heterocycles. The van der Waals surface area contributed by atoms with Crippen molar-refractivity contribution in [1.29, 1.82) is 0 Å². The Hall–Kier alpha value is 0.01000. The van der Waals surface area contributed by atoms with Crippen LogP contribution < -0.4 is 5.32 Å². The molecular formula is C9H21Cl2NO2.